The first-order valence-corrected chi connectivity index (χ1v) is 10.5. The third-order valence-electron chi connectivity index (χ3n) is 6.38. The number of quaternary nitrogens is 1. The molecular formula is C22H31N3O4. The van der Waals surface area contributed by atoms with Gasteiger partial charge in [0.05, 0.1) is 24.0 Å². The Labute approximate surface area is 171 Å². The van der Waals surface area contributed by atoms with Crippen molar-refractivity contribution >= 4 is 17.8 Å². The Morgan fingerprint density at radius 2 is 1.83 bits per heavy atom. The molecule has 2 fully saturated rings. The van der Waals surface area contributed by atoms with Crippen LogP contribution in [0.1, 0.15) is 45.1 Å². The van der Waals surface area contributed by atoms with Crippen LogP contribution in [0.5, 0.6) is 0 Å². The Kier molecular flexibility index (Phi) is 6.57. The number of piperidine rings is 1. The van der Waals surface area contributed by atoms with Gasteiger partial charge in [0.15, 0.2) is 6.04 Å². The van der Waals surface area contributed by atoms with Gasteiger partial charge in [-0.25, -0.2) is 0 Å². The predicted molar refractivity (Wildman–Crippen MR) is 106 cm³/mol. The van der Waals surface area contributed by atoms with Crippen molar-refractivity contribution in [1.82, 2.24) is 10.2 Å². The third-order valence-corrected chi connectivity index (χ3v) is 6.38. The second-order valence-corrected chi connectivity index (χ2v) is 8.56. The minimum Gasteiger partial charge on any atom is -0.548 e. The van der Waals surface area contributed by atoms with E-state index in [0.29, 0.717) is 25.9 Å². The molecule has 1 aromatic carbocycles. The summed E-state index contributed by atoms with van der Waals surface area (Å²) in [6, 6.07) is 8.42. The maximum absolute atomic E-state index is 13.4. The average molecular weight is 402 g/mol. The number of rotatable bonds is 6. The molecule has 2 heterocycles. The number of nitrogens with two attached hydrogens (primary N) is 1. The van der Waals surface area contributed by atoms with Crippen LogP contribution in [-0.2, 0) is 19.8 Å². The molecule has 2 aliphatic rings. The van der Waals surface area contributed by atoms with Crippen molar-refractivity contribution in [2.24, 2.45) is 5.92 Å². The van der Waals surface area contributed by atoms with Gasteiger partial charge in [-0.05, 0) is 24.3 Å². The second-order valence-electron chi connectivity index (χ2n) is 8.56. The number of hydrogen-bond donors (Lipinski definition) is 2. The van der Waals surface area contributed by atoms with Gasteiger partial charge in [-0.15, -0.1) is 0 Å². The molecule has 0 aliphatic carbocycles. The minimum atomic E-state index is -1.28. The van der Waals surface area contributed by atoms with Gasteiger partial charge in [0, 0.05) is 25.9 Å². The first-order chi connectivity index (χ1) is 13.8. The second kappa shape index (κ2) is 8.95. The largest absolute Gasteiger partial charge is 0.548 e. The lowest BCUT2D eigenvalue weighted by atomic mass is 9.71. The normalized spacial score (nSPS) is 22.3. The van der Waals surface area contributed by atoms with Crippen LogP contribution >= 0.6 is 0 Å². The summed E-state index contributed by atoms with van der Waals surface area (Å²) in [7, 11) is 0. The van der Waals surface area contributed by atoms with Crippen molar-refractivity contribution in [2.75, 3.05) is 19.6 Å². The number of hydrogen-bond acceptors (Lipinski definition) is 4. The van der Waals surface area contributed by atoms with E-state index in [1.807, 2.05) is 35.2 Å². The molecule has 0 radical (unpaired) electrons. The van der Waals surface area contributed by atoms with Crippen molar-refractivity contribution in [3.05, 3.63) is 35.9 Å². The Morgan fingerprint density at radius 1 is 1.17 bits per heavy atom. The molecule has 2 aliphatic heterocycles. The third kappa shape index (κ3) is 4.45. The number of carbonyl (C=O) groups excluding carboxylic acids is 3. The van der Waals surface area contributed by atoms with Gasteiger partial charge < -0.3 is 25.4 Å². The molecule has 0 aromatic heterocycles. The molecule has 0 unspecified atom stereocenters. The molecule has 0 saturated carbocycles. The summed E-state index contributed by atoms with van der Waals surface area (Å²) >= 11 is 0. The van der Waals surface area contributed by atoms with Gasteiger partial charge >= 0.3 is 0 Å². The van der Waals surface area contributed by atoms with Crippen molar-refractivity contribution < 1.29 is 24.8 Å². The van der Waals surface area contributed by atoms with E-state index in [2.05, 4.69) is 10.6 Å². The van der Waals surface area contributed by atoms with Crippen molar-refractivity contribution in [2.45, 2.75) is 57.0 Å². The average Bonchev–Trinajstić information content (AvgIpc) is 3.26. The molecule has 1 aromatic rings. The standard InChI is InChI=1S/C22H31N3O4/c1-15(2)18(20(27)28)24-21(29)22(16-7-4-3-5-8-16)10-13-25(14-11-22)19(26)17-9-6-12-23-17/h3-5,7-8,15,17-18,23H,6,9-14H2,1-2H3,(H,24,29)(H,27,28)/t17-,18+/m0/s1. The van der Waals surface area contributed by atoms with E-state index in [1.54, 1.807) is 13.8 Å². The molecule has 29 heavy (non-hydrogen) atoms. The lowest BCUT2D eigenvalue weighted by molar-refractivity contribution is -0.658. The van der Waals surface area contributed by atoms with E-state index >= 15 is 0 Å². The molecule has 2 atom stereocenters. The molecule has 0 spiro atoms. The molecule has 3 N–H and O–H groups in total. The maximum atomic E-state index is 13.4. The zero-order valence-electron chi connectivity index (χ0n) is 17.2. The molecule has 158 valence electrons. The number of carboxylic acids is 1. The van der Waals surface area contributed by atoms with Crippen LogP contribution in [0.4, 0.5) is 0 Å². The van der Waals surface area contributed by atoms with Crippen molar-refractivity contribution in [3.63, 3.8) is 0 Å². The van der Waals surface area contributed by atoms with E-state index in [9.17, 15) is 19.5 Å². The van der Waals surface area contributed by atoms with Gasteiger partial charge in [-0.1, -0.05) is 44.2 Å². The smallest absolute Gasteiger partial charge is 0.280 e. The lowest BCUT2D eigenvalue weighted by Gasteiger charge is -2.42. The lowest BCUT2D eigenvalue weighted by Crippen LogP contribution is -2.89. The van der Waals surface area contributed by atoms with E-state index < -0.39 is 17.4 Å². The summed E-state index contributed by atoms with van der Waals surface area (Å²) in [6.45, 7) is 5.46. The van der Waals surface area contributed by atoms with Crippen molar-refractivity contribution in [1.29, 1.82) is 0 Å². The molecule has 3 rings (SSSR count). The van der Waals surface area contributed by atoms with Crippen LogP contribution in [-0.4, -0.2) is 54.4 Å². The summed E-state index contributed by atoms with van der Waals surface area (Å²) in [6.07, 6.45) is 2.90. The Morgan fingerprint density at radius 3 is 2.34 bits per heavy atom. The van der Waals surface area contributed by atoms with E-state index in [0.717, 1.165) is 24.9 Å². The SMILES string of the molecule is CC(C)[C@@H](NC(=O)C1(c2ccccc2)CCN(C(=O)[C@@H]2CCC[NH2+]2)CC1)C(=O)[O-]. The zero-order chi connectivity index (χ0) is 21.0. The maximum Gasteiger partial charge on any atom is 0.280 e. The fraction of sp³-hybridized carbons (Fsp3) is 0.591. The van der Waals surface area contributed by atoms with Gasteiger partial charge in [0.1, 0.15) is 0 Å². The number of nitrogens with one attached hydrogen (secondary N) is 1. The first-order valence-electron chi connectivity index (χ1n) is 10.5. The number of aliphatic carboxylic acids is 1. The Bertz CT molecular complexity index is 736. The molecule has 0 bridgehead atoms. The fourth-order valence-electron chi connectivity index (χ4n) is 4.52. The number of likely N-dealkylation sites (tertiary alicyclic amines) is 1. The highest BCUT2D eigenvalue weighted by molar-refractivity contribution is 5.92. The molecular weight excluding hydrogens is 370 g/mol. The van der Waals surface area contributed by atoms with Gasteiger partial charge in [0.25, 0.3) is 5.91 Å². The Balaban J connectivity index is 1.80. The number of benzene rings is 1. The highest BCUT2D eigenvalue weighted by Gasteiger charge is 2.45. The van der Waals surface area contributed by atoms with E-state index in [4.69, 9.17) is 0 Å². The summed E-state index contributed by atoms with van der Waals surface area (Å²) in [4.78, 5) is 39.5. The van der Waals surface area contributed by atoms with Crippen LogP contribution < -0.4 is 15.7 Å². The topological polar surface area (TPSA) is 106 Å². The first kappa shape index (κ1) is 21.3. The summed E-state index contributed by atoms with van der Waals surface area (Å²) < 4.78 is 0. The highest BCUT2D eigenvalue weighted by Crippen LogP contribution is 2.36. The zero-order valence-corrected chi connectivity index (χ0v) is 17.2. The number of amides is 2. The minimum absolute atomic E-state index is 0.00328. The van der Waals surface area contributed by atoms with Gasteiger partial charge in [-0.3, -0.25) is 9.59 Å². The Hall–Kier alpha value is -2.41. The fourth-order valence-corrected chi connectivity index (χ4v) is 4.52. The van der Waals surface area contributed by atoms with E-state index in [1.165, 1.54) is 0 Å². The number of nitrogens with zero attached hydrogens (tertiary/aromatic N) is 1. The molecule has 7 nitrogen and oxygen atoms in total. The predicted octanol–water partition coefficient (Wildman–Crippen LogP) is -0.837. The van der Waals surface area contributed by atoms with Gasteiger partial charge in [-0.2, -0.15) is 0 Å². The monoisotopic (exact) mass is 401 g/mol. The van der Waals surface area contributed by atoms with Crippen LogP contribution in [0.2, 0.25) is 0 Å². The van der Waals surface area contributed by atoms with Crippen LogP contribution in [0.25, 0.3) is 0 Å². The molecule has 2 saturated heterocycles. The molecule has 2 amide bonds. The highest BCUT2D eigenvalue weighted by atomic mass is 16.4. The molecule has 7 heteroatoms. The van der Waals surface area contributed by atoms with Crippen LogP contribution in [0.3, 0.4) is 0 Å². The summed E-state index contributed by atoms with van der Waals surface area (Å²) in [5.41, 5.74) is 0.0119. The van der Waals surface area contributed by atoms with Crippen LogP contribution in [0, 0.1) is 5.92 Å². The van der Waals surface area contributed by atoms with Crippen LogP contribution in [0.15, 0.2) is 30.3 Å². The summed E-state index contributed by atoms with van der Waals surface area (Å²) in [5.74, 6) is -1.71. The summed E-state index contributed by atoms with van der Waals surface area (Å²) in [5, 5.41) is 16.3. The quantitative estimate of drug-likeness (QED) is 0.648. The van der Waals surface area contributed by atoms with Gasteiger partial charge in [0.2, 0.25) is 5.91 Å². The van der Waals surface area contributed by atoms with Crippen molar-refractivity contribution in [3.8, 4) is 0 Å². The van der Waals surface area contributed by atoms with E-state index in [-0.39, 0.29) is 23.8 Å². The number of carbonyl (C=O) groups is 3. The number of carboxylic acid groups (broad SMARTS) is 1.